The van der Waals surface area contributed by atoms with E-state index in [2.05, 4.69) is 12.2 Å². The monoisotopic (exact) mass is 328 g/mol. The van der Waals surface area contributed by atoms with Crippen LogP contribution in [-0.2, 0) is 16.6 Å². The van der Waals surface area contributed by atoms with Crippen LogP contribution in [0.4, 0.5) is 0 Å². The zero-order valence-corrected chi connectivity index (χ0v) is 14.4. The summed E-state index contributed by atoms with van der Waals surface area (Å²) in [6.45, 7) is 6.21. The lowest BCUT2D eigenvalue weighted by Crippen LogP contribution is -2.29. The van der Waals surface area contributed by atoms with Gasteiger partial charge in [-0.3, -0.25) is 0 Å². The van der Waals surface area contributed by atoms with Crippen LogP contribution < -0.4 is 5.32 Å². The van der Waals surface area contributed by atoms with Gasteiger partial charge in [-0.25, -0.2) is 8.42 Å². The van der Waals surface area contributed by atoms with E-state index in [9.17, 15) is 8.42 Å². The SMILES string of the molecule is CCC1CCN(S(=O)(=O)c2cc(CNC3CC3)sc2C)C1. The van der Waals surface area contributed by atoms with Crippen LogP contribution in [0, 0.1) is 12.8 Å². The Balaban J connectivity index is 1.75. The third-order valence-corrected chi connectivity index (χ3v) is 7.68. The first kappa shape index (κ1) is 15.5. The van der Waals surface area contributed by atoms with E-state index in [-0.39, 0.29) is 0 Å². The summed E-state index contributed by atoms with van der Waals surface area (Å²) in [5.41, 5.74) is 0. The maximum Gasteiger partial charge on any atom is 0.244 e. The van der Waals surface area contributed by atoms with Crippen LogP contribution in [0.5, 0.6) is 0 Å². The molecule has 1 saturated carbocycles. The molecular formula is C15H24N2O2S2. The maximum absolute atomic E-state index is 12.8. The van der Waals surface area contributed by atoms with Crippen molar-refractivity contribution in [2.24, 2.45) is 5.92 Å². The molecule has 1 unspecified atom stereocenters. The summed E-state index contributed by atoms with van der Waals surface area (Å²) in [4.78, 5) is 2.57. The molecule has 2 aliphatic rings. The Morgan fingerprint density at radius 1 is 1.38 bits per heavy atom. The predicted molar refractivity (Wildman–Crippen MR) is 86.1 cm³/mol. The number of hydrogen-bond donors (Lipinski definition) is 1. The summed E-state index contributed by atoms with van der Waals surface area (Å²) in [6.07, 6.45) is 4.56. The van der Waals surface area contributed by atoms with Gasteiger partial charge >= 0.3 is 0 Å². The molecule has 6 heteroatoms. The highest BCUT2D eigenvalue weighted by atomic mass is 32.2. The van der Waals surface area contributed by atoms with Crippen molar-refractivity contribution in [3.8, 4) is 0 Å². The average Bonchev–Trinajstić information content (AvgIpc) is 3.00. The van der Waals surface area contributed by atoms with E-state index in [1.165, 1.54) is 12.8 Å². The molecule has 0 spiro atoms. The van der Waals surface area contributed by atoms with Crippen LogP contribution in [0.25, 0.3) is 0 Å². The zero-order chi connectivity index (χ0) is 15.0. The zero-order valence-electron chi connectivity index (χ0n) is 12.8. The fourth-order valence-electron chi connectivity index (χ4n) is 2.89. The van der Waals surface area contributed by atoms with E-state index in [0.717, 1.165) is 29.1 Å². The fraction of sp³-hybridized carbons (Fsp3) is 0.733. The third kappa shape index (κ3) is 3.33. The van der Waals surface area contributed by atoms with Gasteiger partial charge in [0.05, 0.1) is 4.90 Å². The Kier molecular flexibility index (Phi) is 4.41. The van der Waals surface area contributed by atoms with Gasteiger partial charge in [0.1, 0.15) is 0 Å². The number of hydrogen-bond acceptors (Lipinski definition) is 4. The number of thiophene rings is 1. The van der Waals surface area contributed by atoms with Gasteiger partial charge < -0.3 is 5.32 Å². The Morgan fingerprint density at radius 3 is 2.76 bits per heavy atom. The van der Waals surface area contributed by atoms with Crippen LogP contribution in [0.2, 0.25) is 0 Å². The summed E-state index contributed by atoms with van der Waals surface area (Å²) in [5.74, 6) is 0.523. The first-order chi connectivity index (χ1) is 10.0. The highest BCUT2D eigenvalue weighted by Gasteiger charge is 2.33. The molecule has 2 heterocycles. The summed E-state index contributed by atoms with van der Waals surface area (Å²) < 4.78 is 27.3. The molecule has 1 saturated heterocycles. The van der Waals surface area contributed by atoms with Crippen LogP contribution in [-0.4, -0.2) is 31.9 Å². The molecule has 3 rings (SSSR count). The minimum Gasteiger partial charge on any atom is -0.309 e. The first-order valence-electron chi connectivity index (χ1n) is 7.83. The van der Waals surface area contributed by atoms with E-state index in [4.69, 9.17) is 0 Å². The highest BCUT2D eigenvalue weighted by Crippen LogP contribution is 2.32. The summed E-state index contributed by atoms with van der Waals surface area (Å²) in [7, 11) is -3.30. The number of aryl methyl sites for hydroxylation is 1. The number of nitrogens with one attached hydrogen (secondary N) is 1. The average molecular weight is 329 g/mol. The summed E-state index contributed by atoms with van der Waals surface area (Å²) >= 11 is 1.61. The van der Waals surface area contributed by atoms with Crippen molar-refractivity contribution in [3.63, 3.8) is 0 Å². The van der Waals surface area contributed by atoms with Crippen molar-refractivity contribution >= 4 is 21.4 Å². The largest absolute Gasteiger partial charge is 0.309 e. The van der Waals surface area contributed by atoms with Gasteiger partial charge in [-0.05, 0) is 38.2 Å². The molecule has 1 N–H and O–H groups in total. The topological polar surface area (TPSA) is 49.4 Å². The van der Waals surface area contributed by atoms with Crippen molar-refractivity contribution in [1.82, 2.24) is 9.62 Å². The van der Waals surface area contributed by atoms with E-state index in [0.29, 0.717) is 29.9 Å². The second-order valence-electron chi connectivity index (χ2n) is 6.21. The van der Waals surface area contributed by atoms with Gasteiger partial charge in [-0.2, -0.15) is 4.31 Å². The Bertz CT molecular complexity index is 605. The van der Waals surface area contributed by atoms with Gasteiger partial charge in [0, 0.05) is 35.4 Å². The van der Waals surface area contributed by atoms with Crippen molar-refractivity contribution in [1.29, 1.82) is 0 Å². The maximum atomic E-state index is 12.8. The second kappa shape index (κ2) is 5.99. The van der Waals surface area contributed by atoms with Gasteiger partial charge in [0.15, 0.2) is 0 Å². The smallest absolute Gasteiger partial charge is 0.244 e. The lowest BCUT2D eigenvalue weighted by molar-refractivity contribution is 0.453. The number of nitrogens with zero attached hydrogens (tertiary/aromatic N) is 1. The summed E-state index contributed by atoms with van der Waals surface area (Å²) in [6, 6.07) is 2.53. The van der Waals surface area contributed by atoms with Crippen LogP contribution in [0.1, 0.15) is 42.4 Å². The molecule has 0 bridgehead atoms. The molecule has 0 aromatic carbocycles. The quantitative estimate of drug-likeness (QED) is 0.873. The lowest BCUT2D eigenvalue weighted by atomic mass is 10.1. The number of sulfonamides is 1. The predicted octanol–water partition coefficient (Wildman–Crippen LogP) is 2.73. The normalized spacial score (nSPS) is 23.8. The van der Waals surface area contributed by atoms with E-state index in [1.807, 2.05) is 13.0 Å². The van der Waals surface area contributed by atoms with Gasteiger partial charge in [0.2, 0.25) is 10.0 Å². The minimum absolute atomic E-state index is 0.523. The van der Waals surface area contributed by atoms with Crippen molar-refractivity contribution in [3.05, 3.63) is 15.8 Å². The minimum atomic E-state index is -3.30. The Labute approximate surface area is 131 Å². The standard InChI is InChI=1S/C15H24N2O2S2/c1-3-12-6-7-17(10-12)21(18,19)15-8-14(20-11(15)2)9-16-13-4-5-13/h8,12-13,16H,3-7,9-10H2,1-2H3. The van der Waals surface area contributed by atoms with Gasteiger partial charge in [-0.1, -0.05) is 13.3 Å². The molecule has 1 aromatic heterocycles. The van der Waals surface area contributed by atoms with Gasteiger partial charge in [-0.15, -0.1) is 11.3 Å². The van der Waals surface area contributed by atoms with Crippen molar-refractivity contribution in [2.45, 2.75) is 57.0 Å². The third-order valence-electron chi connectivity index (χ3n) is 4.51. The number of rotatable bonds is 6. The molecule has 0 amide bonds. The highest BCUT2D eigenvalue weighted by molar-refractivity contribution is 7.89. The van der Waals surface area contributed by atoms with E-state index < -0.39 is 10.0 Å². The van der Waals surface area contributed by atoms with Gasteiger partial charge in [0.25, 0.3) is 0 Å². The molecule has 4 nitrogen and oxygen atoms in total. The molecule has 1 aromatic rings. The van der Waals surface area contributed by atoms with Crippen LogP contribution in [0.15, 0.2) is 11.0 Å². The molecule has 1 aliphatic carbocycles. The Hall–Kier alpha value is -0.430. The molecule has 118 valence electrons. The first-order valence-corrected chi connectivity index (χ1v) is 10.1. The van der Waals surface area contributed by atoms with E-state index >= 15 is 0 Å². The molecule has 0 radical (unpaired) electrons. The molecule has 21 heavy (non-hydrogen) atoms. The molecule has 2 fully saturated rings. The summed E-state index contributed by atoms with van der Waals surface area (Å²) in [5, 5.41) is 3.45. The molecular weight excluding hydrogens is 304 g/mol. The fourth-order valence-corrected chi connectivity index (χ4v) is 5.97. The second-order valence-corrected chi connectivity index (χ2v) is 9.46. The molecule has 1 aliphatic heterocycles. The lowest BCUT2D eigenvalue weighted by Gasteiger charge is -2.16. The van der Waals surface area contributed by atoms with Crippen LogP contribution >= 0.6 is 11.3 Å². The van der Waals surface area contributed by atoms with Crippen LogP contribution in [0.3, 0.4) is 0 Å². The van der Waals surface area contributed by atoms with Crippen molar-refractivity contribution in [2.75, 3.05) is 13.1 Å². The van der Waals surface area contributed by atoms with E-state index in [1.54, 1.807) is 15.6 Å². The van der Waals surface area contributed by atoms with Crippen molar-refractivity contribution < 1.29 is 8.42 Å². The molecule has 1 atom stereocenters. The Morgan fingerprint density at radius 2 is 2.14 bits per heavy atom.